The fourth-order valence-electron chi connectivity index (χ4n) is 3.47. The van der Waals surface area contributed by atoms with E-state index in [0.29, 0.717) is 17.8 Å². The number of nitrogens with two attached hydrogens (primary N) is 1. The molecule has 5 N–H and O–H groups in total. The molecule has 2 aromatic carbocycles. The van der Waals surface area contributed by atoms with Crippen LogP contribution in [0.15, 0.2) is 48.5 Å². The molecule has 1 fully saturated rings. The van der Waals surface area contributed by atoms with Gasteiger partial charge in [0.15, 0.2) is 6.54 Å². The van der Waals surface area contributed by atoms with E-state index in [4.69, 9.17) is 17.3 Å². The molecule has 0 aromatic heterocycles. The third-order valence-corrected chi connectivity index (χ3v) is 5.12. The number of carbonyl (C=O) groups excluding carboxylic acids is 2. The SMILES string of the molecule is NC(=O)c1ccccc1NC(=O)C[NH+]1CC[NH+](Cc2cccc(Cl)c2)CC1. The minimum Gasteiger partial charge on any atom is -0.366 e. The molecule has 0 atom stereocenters. The molecule has 27 heavy (non-hydrogen) atoms. The number of piperazine rings is 1. The number of halogens is 1. The average molecular weight is 389 g/mol. The predicted octanol–water partition coefficient (Wildman–Crippen LogP) is -0.639. The van der Waals surface area contributed by atoms with E-state index in [1.54, 1.807) is 24.3 Å². The van der Waals surface area contributed by atoms with E-state index in [1.807, 2.05) is 18.2 Å². The lowest BCUT2D eigenvalue weighted by atomic mass is 10.1. The first-order valence-electron chi connectivity index (χ1n) is 9.11. The number of primary amides is 1. The zero-order valence-electron chi connectivity index (χ0n) is 15.1. The molecule has 1 heterocycles. The van der Waals surface area contributed by atoms with Crippen LogP contribution in [0.3, 0.4) is 0 Å². The molecule has 142 valence electrons. The molecular formula is C20H25ClN4O2+2. The number of hydrogen-bond acceptors (Lipinski definition) is 2. The van der Waals surface area contributed by atoms with Crippen molar-refractivity contribution in [3.8, 4) is 0 Å². The van der Waals surface area contributed by atoms with Crippen molar-refractivity contribution < 1.29 is 19.4 Å². The van der Waals surface area contributed by atoms with Crippen molar-refractivity contribution in [2.45, 2.75) is 6.54 Å². The van der Waals surface area contributed by atoms with Gasteiger partial charge in [-0.15, -0.1) is 0 Å². The summed E-state index contributed by atoms with van der Waals surface area (Å²) in [5.74, 6) is -0.645. The maximum Gasteiger partial charge on any atom is 0.279 e. The Labute approximate surface area is 163 Å². The molecule has 1 aliphatic rings. The number of anilines is 1. The average Bonchev–Trinajstić information content (AvgIpc) is 2.63. The highest BCUT2D eigenvalue weighted by Gasteiger charge is 2.25. The third kappa shape index (κ3) is 5.53. The third-order valence-electron chi connectivity index (χ3n) is 4.88. The zero-order chi connectivity index (χ0) is 19.2. The number of nitrogens with one attached hydrogen (secondary N) is 3. The van der Waals surface area contributed by atoms with E-state index in [1.165, 1.54) is 15.4 Å². The minimum absolute atomic E-state index is 0.100. The Kier molecular flexibility index (Phi) is 6.45. The van der Waals surface area contributed by atoms with Crippen LogP contribution in [0.25, 0.3) is 0 Å². The summed E-state index contributed by atoms with van der Waals surface area (Å²) in [7, 11) is 0. The van der Waals surface area contributed by atoms with Crippen molar-refractivity contribution in [2.75, 3.05) is 38.0 Å². The Balaban J connectivity index is 1.48. The molecule has 2 aromatic rings. The van der Waals surface area contributed by atoms with Crippen LogP contribution in [0, 0.1) is 0 Å². The van der Waals surface area contributed by atoms with Gasteiger partial charge in [0.1, 0.15) is 32.7 Å². The Morgan fingerprint density at radius 3 is 2.41 bits per heavy atom. The second kappa shape index (κ2) is 8.99. The van der Waals surface area contributed by atoms with Gasteiger partial charge in [-0.3, -0.25) is 9.59 Å². The normalized spacial score (nSPS) is 19.4. The summed E-state index contributed by atoms with van der Waals surface area (Å²) < 4.78 is 0. The summed E-state index contributed by atoms with van der Waals surface area (Å²) in [6, 6.07) is 14.8. The molecule has 0 unspecified atom stereocenters. The maximum absolute atomic E-state index is 12.4. The molecule has 0 bridgehead atoms. The number of quaternary nitrogens is 2. The van der Waals surface area contributed by atoms with Crippen molar-refractivity contribution >= 4 is 29.1 Å². The van der Waals surface area contributed by atoms with Gasteiger partial charge in [-0.25, -0.2) is 0 Å². The molecule has 0 aliphatic carbocycles. The largest absolute Gasteiger partial charge is 0.366 e. The number of carbonyl (C=O) groups is 2. The van der Waals surface area contributed by atoms with Crippen molar-refractivity contribution in [2.24, 2.45) is 5.73 Å². The van der Waals surface area contributed by atoms with Gasteiger partial charge in [0, 0.05) is 10.6 Å². The highest BCUT2D eigenvalue weighted by atomic mass is 35.5. The quantitative estimate of drug-likeness (QED) is 0.531. The van der Waals surface area contributed by atoms with Gasteiger partial charge >= 0.3 is 0 Å². The first kappa shape index (κ1) is 19.4. The lowest BCUT2D eigenvalue weighted by Gasteiger charge is -2.29. The highest BCUT2D eigenvalue weighted by Crippen LogP contribution is 2.13. The smallest absolute Gasteiger partial charge is 0.279 e. The van der Waals surface area contributed by atoms with E-state index in [2.05, 4.69) is 11.4 Å². The lowest BCUT2D eigenvalue weighted by molar-refractivity contribution is -1.02. The van der Waals surface area contributed by atoms with Crippen LogP contribution in [-0.2, 0) is 11.3 Å². The molecular weight excluding hydrogens is 364 g/mol. The molecule has 3 rings (SSSR count). The van der Waals surface area contributed by atoms with Gasteiger partial charge in [-0.2, -0.15) is 0 Å². The fraction of sp³-hybridized carbons (Fsp3) is 0.300. The van der Waals surface area contributed by atoms with Crippen molar-refractivity contribution in [1.82, 2.24) is 0 Å². The van der Waals surface area contributed by atoms with Crippen LogP contribution in [0.1, 0.15) is 15.9 Å². The van der Waals surface area contributed by atoms with Crippen LogP contribution < -0.4 is 20.9 Å². The van der Waals surface area contributed by atoms with Crippen molar-refractivity contribution in [3.05, 3.63) is 64.7 Å². The second-order valence-corrected chi connectivity index (χ2v) is 7.38. The van der Waals surface area contributed by atoms with Crippen LogP contribution in [0.4, 0.5) is 5.69 Å². The molecule has 2 amide bonds. The number of para-hydroxylation sites is 1. The van der Waals surface area contributed by atoms with Crippen LogP contribution in [0.5, 0.6) is 0 Å². The van der Waals surface area contributed by atoms with Crippen LogP contribution >= 0.6 is 11.6 Å². The molecule has 0 spiro atoms. The standard InChI is InChI=1S/C20H23ClN4O2/c21-16-5-3-4-15(12-16)13-24-8-10-25(11-9-24)14-19(26)23-18-7-2-1-6-17(18)20(22)27/h1-7,12H,8-11,13-14H2,(H2,22,27)(H,23,26)/p+2. The monoisotopic (exact) mass is 388 g/mol. The van der Waals surface area contributed by atoms with E-state index < -0.39 is 5.91 Å². The van der Waals surface area contributed by atoms with E-state index in [0.717, 1.165) is 37.7 Å². The maximum atomic E-state index is 12.4. The molecule has 1 aliphatic heterocycles. The first-order chi connectivity index (χ1) is 13.0. The number of amides is 2. The summed E-state index contributed by atoms with van der Waals surface area (Å²) in [5, 5.41) is 3.58. The number of rotatable bonds is 6. The fourth-order valence-corrected chi connectivity index (χ4v) is 3.69. The van der Waals surface area contributed by atoms with Gasteiger partial charge in [-0.1, -0.05) is 35.9 Å². The number of benzene rings is 2. The van der Waals surface area contributed by atoms with Gasteiger partial charge < -0.3 is 20.9 Å². The van der Waals surface area contributed by atoms with Gasteiger partial charge in [0.2, 0.25) is 0 Å². The summed E-state index contributed by atoms with van der Waals surface area (Å²) in [4.78, 5) is 26.6. The minimum atomic E-state index is -0.545. The zero-order valence-corrected chi connectivity index (χ0v) is 15.9. The van der Waals surface area contributed by atoms with Crippen molar-refractivity contribution in [1.29, 1.82) is 0 Å². The predicted molar refractivity (Wildman–Crippen MR) is 105 cm³/mol. The first-order valence-corrected chi connectivity index (χ1v) is 9.49. The summed E-state index contributed by atoms with van der Waals surface area (Å²) >= 11 is 6.05. The molecule has 0 saturated carbocycles. The summed E-state index contributed by atoms with van der Waals surface area (Å²) in [6.45, 7) is 5.21. The summed E-state index contributed by atoms with van der Waals surface area (Å²) in [6.07, 6.45) is 0. The Bertz CT molecular complexity index is 819. The van der Waals surface area contributed by atoms with Gasteiger partial charge in [-0.05, 0) is 24.3 Å². The van der Waals surface area contributed by atoms with Crippen LogP contribution in [-0.4, -0.2) is 44.5 Å². The molecule has 7 heteroatoms. The Morgan fingerprint density at radius 2 is 1.70 bits per heavy atom. The topological polar surface area (TPSA) is 81.1 Å². The Morgan fingerprint density at radius 1 is 1.00 bits per heavy atom. The van der Waals surface area contributed by atoms with E-state index in [-0.39, 0.29) is 5.91 Å². The van der Waals surface area contributed by atoms with Crippen LogP contribution in [0.2, 0.25) is 5.02 Å². The second-order valence-electron chi connectivity index (χ2n) is 6.94. The molecule has 0 radical (unpaired) electrons. The number of hydrogen-bond donors (Lipinski definition) is 4. The van der Waals surface area contributed by atoms with Crippen molar-refractivity contribution in [3.63, 3.8) is 0 Å². The van der Waals surface area contributed by atoms with Gasteiger partial charge in [0.25, 0.3) is 11.8 Å². The Hall–Kier alpha value is -2.41. The highest BCUT2D eigenvalue weighted by molar-refractivity contribution is 6.30. The van der Waals surface area contributed by atoms with E-state index >= 15 is 0 Å². The summed E-state index contributed by atoms with van der Waals surface area (Å²) in [5.41, 5.74) is 7.40. The molecule has 1 saturated heterocycles. The lowest BCUT2D eigenvalue weighted by Crippen LogP contribution is -3.28. The molecule has 6 nitrogen and oxygen atoms in total. The van der Waals surface area contributed by atoms with E-state index in [9.17, 15) is 9.59 Å². The van der Waals surface area contributed by atoms with Gasteiger partial charge in [0.05, 0.1) is 11.3 Å².